The lowest BCUT2D eigenvalue weighted by atomic mass is 10.5. The molecule has 0 bridgehead atoms. The zero-order valence-corrected chi connectivity index (χ0v) is 6.50. The van der Waals surface area contributed by atoms with Crippen LogP contribution in [0.25, 0.3) is 0 Å². The summed E-state index contributed by atoms with van der Waals surface area (Å²) in [5, 5.41) is 7.83. The Kier molecular flexibility index (Phi) is 12.7. The van der Waals surface area contributed by atoms with Crippen molar-refractivity contribution in [3.63, 3.8) is 0 Å². The van der Waals surface area contributed by atoms with Crippen molar-refractivity contribution in [3.05, 3.63) is 24.8 Å². The molecule has 0 aliphatic carbocycles. The first-order valence-electron chi connectivity index (χ1n) is 3.15. The predicted molar refractivity (Wildman–Crippen MR) is 42.9 cm³/mol. The third-order valence-electron chi connectivity index (χ3n) is 0.598. The van der Waals surface area contributed by atoms with Crippen molar-refractivity contribution in [2.24, 2.45) is 0 Å². The van der Waals surface area contributed by atoms with E-state index in [1.807, 2.05) is 6.08 Å². The van der Waals surface area contributed by atoms with E-state index in [9.17, 15) is 4.79 Å². The number of carbonyl (C=O) groups is 1. The second kappa shape index (κ2) is 10.8. The molecule has 0 radical (unpaired) electrons. The molecule has 2 nitrogen and oxygen atoms in total. The normalized spacial score (nSPS) is 8.20. The summed E-state index contributed by atoms with van der Waals surface area (Å²) >= 11 is 0. The molecule has 0 saturated carbocycles. The number of aliphatic carboxylic acids is 1. The maximum atomic E-state index is 9.51. The van der Waals surface area contributed by atoms with Crippen LogP contribution >= 0.6 is 0 Å². The van der Waals surface area contributed by atoms with E-state index in [0.717, 1.165) is 12.5 Å². The standard InChI is InChI=1S/C4H6O2.C4H8/c1-2-3-4(5)6;1-3-4-2/h2-3H,1H3,(H,5,6);3H,1,4H2,2H3. The van der Waals surface area contributed by atoms with E-state index in [4.69, 9.17) is 5.11 Å². The van der Waals surface area contributed by atoms with Gasteiger partial charge in [0, 0.05) is 6.08 Å². The fourth-order valence-electron chi connectivity index (χ4n) is 0.143. The number of hydrogen-bond donors (Lipinski definition) is 1. The lowest BCUT2D eigenvalue weighted by Crippen LogP contribution is -1.83. The SMILES string of the molecule is C=CCC.CC=CC(=O)O. The van der Waals surface area contributed by atoms with Crippen LogP contribution in [0.4, 0.5) is 0 Å². The van der Waals surface area contributed by atoms with Crippen molar-refractivity contribution >= 4 is 5.97 Å². The van der Waals surface area contributed by atoms with Crippen molar-refractivity contribution in [1.29, 1.82) is 0 Å². The number of carboxylic acids is 1. The average Bonchev–Trinajstić information content (AvgIpc) is 1.89. The molecule has 58 valence electrons. The van der Waals surface area contributed by atoms with Crippen LogP contribution in [-0.4, -0.2) is 11.1 Å². The zero-order valence-electron chi connectivity index (χ0n) is 6.50. The van der Waals surface area contributed by atoms with Crippen LogP contribution in [0.2, 0.25) is 0 Å². The highest BCUT2D eigenvalue weighted by Gasteiger charge is 1.76. The molecule has 0 aliphatic heterocycles. The lowest BCUT2D eigenvalue weighted by Gasteiger charge is -1.68. The third kappa shape index (κ3) is 28.3. The Labute approximate surface area is 61.9 Å². The minimum Gasteiger partial charge on any atom is -0.478 e. The van der Waals surface area contributed by atoms with Crippen molar-refractivity contribution in [1.82, 2.24) is 0 Å². The van der Waals surface area contributed by atoms with Crippen LogP contribution in [0.5, 0.6) is 0 Å². The van der Waals surface area contributed by atoms with Gasteiger partial charge in [0.25, 0.3) is 0 Å². The second-order valence-electron chi connectivity index (χ2n) is 1.54. The van der Waals surface area contributed by atoms with Gasteiger partial charge in [0.05, 0.1) is 0 Å². The molecule has 0 amide bonds. The Balaban J connectivity index is 0. The molecule has 0 aromatic heterocycles. The third-order valence-corrected chi connectivity index (χ3v) is 0.598. The van der Waals surface area contributed by atoms with Gasteiger partial charge in [0.2, 0.25) is 0 Å². The second-order valence-corrected chi connectivity index (χ2v) is 1.54. The van der Waals surface area contributed by atoms with Gasteiger partial charge in [-0.05, 0) is 13.3 Å². The highest BCUT2D eigenvalue weighted by atomic mass is 16.4. The van der Waals surface area contributed by atoms with Gasteiger partial charge in [-0.1, -0.05) is 19.1 Å². The van der Waals surface area contributed by atoms with Crippen LogP contribution in [0.1, 0.15) is 20.3 Å². The molecular formula is C8H14O2. The number of allylic oxidation sites excluding steroid dienone is 2. The zero-order chi connectivity index (χ0) is 8.41. The summed E-state index contributed by atoms with van der Waals surface area (Å²) in [6.45, 7) is 7.20. The Hall–Kier alpha value is -1.05. The summed E-state index contributed by atoms with van der Waals surface area (Å²) in [6.07, 6.45) is 5.52. The molecule has 0 heterocycles. The number of carboxylic acid groups (broad SMARTS) is 1. The number of rotatable bonds is 2. The summed E-state index contributed by atoms with van der Waals surface area (Å²) in [5.74, 6) is -0.891. The largest absolute Gasteiger partial charge is 0.478 e. The maximum absolute atomic E-state index is 9.51. The van der Waals surface area contributed by atoms with E-state index < -0.39 is 5.97 Å². The fourth-order valence-corrected chi connectivity index (χ4v) is 0.143. The minimum atomic E-state index is -0.891. The first-order valence-corrected chi connectivity index (χ1v) is 3.15. The van der Waals surface area contributed by atoms with Gasteiger partial charge in [-0.15, -0.1) is 6.58 Å². The van der Waals surface area contributed by atoms with E-state index in [2.05, 4.69) is 13.5 Å². The topological polar surface area (TPSA) is 37.3 Å². The predicted octanol–water partition coefficient (Wildman–Crippen LogP) is 2.23. The van der Waals surface area contributed by atoms with Crippen molar-refractivity contribution in [2.75, 3.05) is 0 Å². The molecule has 0 rings (SSSR count). The van der Waals surface area contributed by atoms with Gasteiger partial charge >= 0.3 is 5.97 Å². The molecule has 2 heteroatoms. The summed E-state index contributed by atoms with van der Waals surface area (Å²) in [6, 6.07) is 0. The maximum Gasteiger partial charge on any atom is 0.327 e. The van der Waals surface area contributed by atoms with E-state index in [0.29, 0.717) is 0 Å². The van der Waals surface area contributed by atoms with Crippen LogP contribution in [0.15, 0.2) is 24.8 Å². The molecule has 0 spiro atoms. The average molecular weight is 142 g/mol. The van der Waals surface area contributed by atoms with E-state index in [1.54, 1.807) is 6.92 Å². The number of hydrogen-bond acceptors (Lipinski definition) is 1. The van der Waals surface area contributed by atoms with Gasteiger partial charge in [-0.3, -0.25) is 0 Å². The van der Waals surface area contributed by atoms with Gasteiger partial charge in [0.15, 0.2) is 0 Å². The van der Waals surface area contributed by atoms with Crippen molar-refractivity contribution in [2.45, 2.75) is 20.3 Å². The Bertz CT molecular complexity index is 114. The van der Waals surface area contributed by atoms with Crippen LogP contribution in [0.3, 0.4) is 0 Å². The van der Waals surface area contributed by atoms with Gasteiger partial charge in [-0.2, -0.15) is 0 Å². The van der Waals surface area contributed by atoms with Gasteiger partial charge < -0.3 is 5.11 Å². The van der Waals surface area contributed by atoms with Crippen LogP contribution in [-0.2, 0) is 4.79 Å². The molecule has 0 unspecified atom stereocenters. The van der Waals surface area contributed by atoms with E-state index in [1.165, 1.54) is 6.08 Å². The van der Waals surface area contributed by atoms with Crippen LogP contribution in [0, 0.1) is 0 Å². The molecule has 1 N–H and O–H groups in total. The monoisotopic (exact) mass is 142 g/mol. The molecule has 0 saturated heterocycles. The van der Waals surface area contributed by atoms with Crippen molar-refractivity contribution in [3.8, 4) is 0 Å². The first-order chi connectivity index (χ1) is 4.68. The Morgan fingerprint density at radius 3 is 2.10 bits per heavy atom. The summed E-state index contributed by atoms with van der Waals surface area (Å²) < 4.78 is 0. The highest BCUT2D eigenvalue weighted by Crippen LogP contribution is 1.66. The molecule has 0 fully saturated rings. The summed E-state index contributed by atoms with van der Waals surface area (Å²) in [5.41, 5.74) is 0. The molecule has 0 aromatic rings. The quantitative estimate of drug-likeness (QED) is 0.474. The molecular weight excluding hydrogens is 128 g/mol. The Morgan fingerprint density at radius 2 is 2.10 bits per heavy atom. The minimum absolute atomic E-state index is 0.891. The lowest BCUT2D eigenvalue weighted by molar-refractivity contribution is -0.131. The molecule has 10 heavy (non-hydrogen) atoms. The van der Waals surface area contributed by atoms with Gasteiger partial charge in [-0.25, -0.2) is 4.79 Å². The van der Waals surface area contributed by atoms with Gasteiger partial charge in [0.1, 0.15) is 0 Å². The Morgan fingerprint density at radius 1 is 1.70 bits per heavy atom. The van der Waals surface area contributed by atoms with Crippen LogP contribution < -0.4 is 0 Å². The fraction of sp³-hybridized carbons (Fsp3) is 0.375. The van der Waals surface area contributed by atoms with Crippen molar-refractivity contribution < 1.29 is 9.90 Å². The van der Waals surface area contributed by atoms with E-state index in [-0.39, 0.29) is 0 Å². The first kappa shape index (κ1) is 11.7. The molecule has 0 aromatic carbocycles. The molecule has 0 atom stereocenters. The summed E-state index contributed by atoms with van der Waals surface area (Å²) in [4.78, 5) is 9.51. The van der Waals surface area contributed by atoms with E-state index >= 15 is 0 Å². The highest BCUT2D eigenvalue weighted by molar-refractivity contribution is 5.79. The molecule has 0 aliphatic rings. The summed E-state index contributed by atoms with van der Waals surface area (Å²) in [7, 11) is 0. The smallest absolute Gasteiger partial charge is 0.327 e.